The molecule has 0 saturated heterocycles. The molecule has 1 rings (SSSR count). The average Bonchev–Trinajstić information content (AvgIpc) is 2.18. The third-order valence-electron chi connectivity index (χ3n) is 1.54. The minimum absolute atomic E-state index is 0. The number of esters is 1. The van der Waals surface area contributed by atoms with E-state index in [1.54, 1.807) is 6.92 Å². The molecule has 0 aromatic heterocycles. The fourth-order valence-corrected chi connectivity index (χ4v) is 1.35. The van der Waals surface area contributed by atoms with E-state index in [0.717, 1.165) is 0 Å². The standard InChI is InChI=1S/C9H10O4S.Na/c1-2-13-9(10)7-4-3-5-8(6-7)14(11)12;/h3-6H,2H2,1H3,(H,11,12);/q;+1/p-1. The van der Waals surface area contributed by atoms with Crippen LogP contribution >= 0.6 is 0 Å². The molecule has 1 unspecified atom stereocenters. The van der Waals surface area contributed by atoms with Crippen molar-refractivity contribution < 1.29 is 47.9 Å². The first-order valence-corrected chi connectivity index (χ1v) is 5.09. The summed E-state index contributed by atoms with van der Waals surface area (Å²) in [6.07, 6.45) is 0. The van der Waals surface area contributed by atoms with Crippen LogP contribution < -0.4 is 29.6 Å². The van der Waals surface area contributed by atoms with Gasteiger partial charge in [-0.05, 0) is 36.2 Å². The van der Waals surface area contributed by atoms with Gasteiger partial charge in [0.05, 0.1) is 12.2 Å². The van der Waals surface area contributed by atoms with Crippen LogP contribution in [0.15, 0.2) is 29.2 Å². The van der Waals surface area contributed by atoms with E-state index in [2.05, 4.69) is 0 Å². The predicted octanol–water partition coefficient (Wildman–Crippen LogP) is -1.89. The van der Waals surface area contributed by atoms with Crippen molar-refractivity contribution in [2.45, 2.75) is 11.8 Å². The van der Waals surface area contributed by atoms with Gasteiger partial charge in [0, 0.05) is 4.90 Å². The molecule has 4 nitrogen and oxygen atoms in total. The Labute approximate surface area is 113 Å². The first kappa shape index (κ1) is 14.8. The summed E-state index contributed by atoms with van der Waals surface area (Å²) in [6.45, 7) is 1.96. The third kappa shape index (κ3) is 4.44. The topological polar surface area (TPSA) is 66.4 Å². The molecule has 76 valence electrons. The Hall–Kier alpha value is -0.200. The molecule has 0 N–H and O–H groups in total. The molecular formula is C9H9NaO4S. The monoisotopic (exact) mass is 236 g/mol. The van der Waals surface area contributed by atoms with Gasteiger partial charge >= 0.3 is 35.5 Å². The molecule has 0 aliphatic rings. The van der Waals surface area contributed by atoms with Crippen molar-refractivity contribution in [1.29, 1.82) is 0 Å². The van der Waals surface area contributed by atoms with E-state index in [0.29, 0.717) is 0 Å². The molecular weight excluding hydrogens is 227 g/mol. The van der Waals surface area contributed by atoms with E-state index in [1.165, 1.54) is 24.3 Å². The van der Waals surface area contributed by atoms with Crippen molar-refractivity contribution in [3.63, 3.8) is 0 Å². The molecule has 0 aliphatic heterocycles. The van der Waals surface area contributed by atoms with E-state index in [1.807, 2.05) is 0 Å². The van der Waals surface area contributed by atoms with Crippen LogP contribution in [0.3, 0.4) is 0 Å². The minimum Gasteiger partial charge on any atom is -0.768 e. The molecule has 1 atom stereocenters. The Morgan fingerprint density at radius 2 is 2.20 bits per heavy atom. The normalized spacial score (nSPS) is 11.3. The van der Waals surface area contributed by atoms with E-state index in [-0.39, 0.29) is 46.6 Å². The molecule has 1 aromatic carbocycles. The van der Waals surface area contributed by atoms with Gasteiger partial charge in [-0.3, -0.25) is 4.21 Å². The second-order valence-corrected chi connectivity index (χ2v) is 3.42. The van der Waals surface area contributed by atoms with Gasteiger partial charge in [-0.25, -0.2) is 4.79 Å². The summed E-state index contributed by atoms with van der Waals surface area (Å²) in [5.74, 6) is -0.514. The van der Waals surface area contributed by atoms with Crippen molar-refractivity contribution in [2.24, 2.45) is 0 Å². The number of ether oxygens (including phenoxy) is 1. The predicted molar refractivity (Wildman–Crippen MR) is 49.6 cm³/mol. The molecule has 0 bridgehead atoms. The molecule has 0 heterocycles. The van der Waals surface area contributed by atoms with Gasteiger partial charge in [0.25, 0.3) is 0 Å². The summed E-state index contributed by atoms with van der Waals surface area (Å²) in [4.78, 5) is 11.3. The first-order chi connectivity index (χ1) is 6.65. The summed E-state index contributed by atoms with van der Waals surface area (Å²) in [6, 6.07) is 5.69. The largest absolute Gasteiger partial charge is 1.00 e. The maximum absolute atomic E-state index is 11.2. The fraction of sp³-hybridized carbons (Fsp3) is 0.222. The first-order valence-electron chi connectivity index (χ1n) is 4.01. The van der Waals surface area contributed by atoms with Crippen LogP contribution in [0, 0.1) is 0 Å². The maximum atomic E-state index is 11.2. The SMILES string of the molecule is CCOC(=O)c1cccc(S(=O)[O-])c1.[Na+]. The molecule has 0 radical (unpaired) electrons. The second-order valence-electron chi connectivity index (χ2n) is 2.48. The number of carbonyl (C=O) groups excluding carboxylic acids is 1. The van der Waals surface area contributed by atoms with Gasteiger partial charge in [0.2, 0.25) is 0 Å². The van der Waals surface area contributed by atoms with Crippen LogP contribution in [-0.4, -0.2) is 21.3 Å². The third-order valence-corrected chi connectivity index (χ3v) is 2.18. The van der Waals surface area contributed by atoms with E-state index in [4.69, 9.17) is 4.74 Å². The van der Waals surface area contributed by atoms with Crippen LogP contribution in [0.4, 0.5) is 0 Å². The zero-order valence-corrected chi connectivity index (χ0v) is 11.4. The second kappa shape index (κ2) is 7.14. The van der Waals surface area contributed by atoms with E-state index in [9.17, 15) is 13.6 Å². The summed E-state index contributed by atoms with van der Waals surface area (Å²) in [5.41, 5.74) is 0.244. The fourth-order valence-electron chi connectivity index (χ4n) is 0.941. The van der Waals surface area contributed by atoms with Crippen LogP contribution in [0.25, 0.3) is 0 Å². The van der Waals surface area contributed by atoms with Gasteiger partial charge in [0.15, 0.2) is 0 Å². The van der Waals surface area contributed by atoms with Crippen LogP contribution in [0.1, 0.15) is 17.3 Å². The number of hydrogen-bond donors (Lipinski definition) is 0. The van der Waals surface area contributed by atoms with Gasteiger partial charge in [0.1, 0.15) is 0 Å². The van der Waals surface area contributed by atoms with Gasteiger partial charge in [-0.2, -0.15) is 0 Å². The summed E-state index contributed by atoms with van der Waals surface area (Å²) < 4.78 is 25.9. The molecule has 1 aromatic rings. The van der Waals surface area contributed by atoms with Crippen LogP contribution in [0.5, 0.6) is 0 Å². The van der Waals surface area contributed by atoms with E-state index >= 15 is 0 Å². The van der Waals surface area contributed by atoms with Crippen LogP contribution in [0.2, 0.25) is 0 Å². The van der Waals surface area contributed by atoms with Crippen molar-refractivity contribution in [3.8, 4) is 0 Å². The number of rotatable bonds is 3. The summed E-state index contributed by atoms with van der Waals surface area (Å²) >= 11 is -2.32. The van der Waals surface area contributed by atoms with Gasteiger partial charge < -0.3 is 9.29 Å². The Bertz CT molecular complexity index is 367. The Morgan fingerprint density at radius 1 is 1.53 bits per heavy atom. The Kier molecular flexibility index (Phi) is 7.04. The Morgan fingerprint density at radius 3 is 2.73 bits per heavy atom. The smallest absolute Gasteiger partial charge is 0.768 e. The zero-order chi connectivity index (χ0) is 10.6. The maximum Gasteiger partial charge on any atom is 1.00 e. The Balaban J connectivity index is 0.00000196. The zero-order valence-electron chi connectivity index (χ0n) is 8.56. The minimum atomic E-state index is -2.32. The van der Waals surface area contributed by atoms with Crippen molar-refractivity contribution in [3.05, 3.63) is 29.8 Å². The van der Waals surface area contributed by atoms with E-state index < -0.39 is 17.0 Å². The summed E-state index contributed by atoms with van der Waals surface area (Å²) in [5, 5.41) is 0. The van der Waals surface area contributed by atoms with Crippen molar-refractivity contribution in [2.75, 3.05) is 6.61 Å². The molecule has 0 aliphatic carbocycles. The van der Waals surface area contributed by atoms with Crippen molar-refractivity contribution in [1.82, 2.24) is 0 Å². The number of benzene rings is 1. The number of carbonyl (C=O) groups is 1. The summed E-state index contributed by atoms with van der Waals surface area (Å²) in [7, 11) is 0. The molecule has 0 amide bonds. The molecule has 15 heavy (non-hydrogen) atoms. The number of hydrogen-bond acceptors (Lipinski definition) is 4. The molecule has 0 spiro atoms. The molecule has 0 saturated carbocycles. The van der Waals surface area contributed by atoms with Crippen LogP contribution in [-0.2, 0) is 15.8 Å². The molecule has 0 fully saturated rings. The van der Waals surface area contributed by atoms with Gasteiger partial charge in [-0.1, -0.05) is 6.07 Å². The van der Waals surface area contributed by atoms with Crippen molar-refractivity contribution >= 4 is 17.0 Å². The quantitative estimate of drug-likeness (QED) is 0.349. The average molecular weight is 236 g/mol. The van der Waals surface area contributed by atoms with Gasteiger partial charge in [-0.15, -0.1) is 0 Å². The molecule has 6 heteroatoms.